The minimum atomic E-state index is 0.926. The van der Waals surface area contributed by atoms with Gasteiger partial charge in [0.05, 0.1) is 15.7 Å². The maximum atomic E-state index is 6.32. The van der Waals surface area contributed by atoms with Gasteiger partial charge in [0.15, 0.2) is 0 Å². The van der Waals surface area contributed by atoms with E-state index < -0.39 is 0 Å². The number of benzene rings is 6. The van der Waals surface area contributed by atoms with E-state index >= 15 is 0 Å². The minimum absolute atomic E-state index is 0.926. The number of para-hydroxylation sites is 4. The van der Waals surface area contributed by atoms with Gasteiger partial charge in [0.2, 0.25) is 0 Å². The molecule has 0 bridgehead atoms. The summed E-state index contributed by atoms with van der Waals surface area (Å²) in [5.74, 6) is 0. The maximum Gasteiger partial charge on any atom is 0.143 e. The van der Waals surface area contributed by atoms with Gasteiger partial charge in [-0.25, -0.2) is 0 Å². The van der Waals surface area contributed by atoms with Crippen molar-refractivity contribution < 1.29 is 4.42 Å². The monoisotopic (exact) mass is 541 g/mol. The summed E-state index contributed by atoms with van der Waals surface area (Å²) in [7, 11) is 0. The van der Waals surface area contributed by atoms with Crippen LogP contribution in [0.1, 0.15) is 0 Å². The largest absolute Gasteiger partial charge is 0.455 e. The molecule has 0 atom stereocenters. The van der Waals surface area contributed by atoms with Crippen LogP contribution >= 0.6 is 11.3 Å². The van der Waals surface area contributed by atoms with Gasteiger partial charge in [-0.1, -0.05) is 115 Å². The molecular weight excluding hydrogens is 518 g/mol. The fourth-order valence-electron chi connectivity index (χ4n) is 6.37. The van der Waals surface area contributed by atoms with E-state index in [2.05, 4.69) is 132 Å². The lowest BCUT2D eigenvalue weighted by atomic mass is 9.98. The second-order valence-electron chi connectivity index (χ2n) is 10.5. The van der Waals surface area contributed by atoms with Crippen LogP contribution in [-0.4, -0.2) is 4.57 Å². The Bertz CT molecular complexity index is 2410. The Morgan fingerprint density at radius 2 is 1.10 bits per heavy atom. The third kappa shape index (κ3) is 3.30. The minimum Gasteiger partial charge on any atom is -0.455 e. The zero-order valence-corrected chi connectivity index (χ0v) is 22.9. The highest BCUT2D eigenvalue weighted by atomic mass is 32.1. The number of hydrogen-bond donors (Lipinski definition) is 0. The number of rotatable bonds is 3. The molecule has 0 aliphatic heterocycles. The number of furan rings is 1. The molecule has 0 unspecified atom stereocenters. The van der Waals surface area contributed by atoms with Crippen LogP contribution in [0.5, 0.6) is 0 Å². The smallest absolute Gasteiger partial charge is 0.143 e. The van der Waals surface area contributed by atoms with Crippen molar-refractivity contribution in [2.45, 2.75) is 0 Å². The molecule has 192 valence electrons. The summed E-state index contributed by atoms with van der Waals surface area (Å²) < 4.78 is 11.4. The van der Waals surface area contributed by atoms with Crippen LogP contribution in [0.2, 0.25) is 0 Å². The number of hydrogen-bond acceptors (Lipinski definition) is 2. The van der Waals surface area contributed by atoms with Crippen LogP contribution in [0.4, 0.5) is 0 Å². The first kappa shape index (κ1) is 22.7. The maximum absolute atomic E-state index is 6.32. The van der Waals surface area contributed by atoms with Gasteiger partial charge in [-0.05, 0) is 41.0 Å². The predicted octanol–water partition coefficient (Wildman–Crippen LogP) is 11.2. The quantitative estimate of drug-likeness (QED) is 0.217. The lowest BCUT2D eigenvalue weighted by Gasteiger charge is -2.09. The molecule has 41 heavy (non-hydrogen) atoms. The number of thiophene rings is 1. The van der Waals surface area contributed by atoms with Crippen molar-refractivity contribution >= 4 is 64.5 Å². The molecule has 9 rings (SSSR count). The lowest BCUT2D eigenvalue weighted by Crippen LogP contribution is -1.92. The molecule has 3 aromatic heterocycles. The molecule has 6 aromatic carbocycles. The molecule has 0 saturated carbocycles. The van der Waals surface area contributed by atoms with Crippen molar-refractivity contribution in [2.24, 2.45) is 0 Å². The fourth-order valence-corrected chi connectivity index (χ4v) is 7.72. The predicted molar refractivity (Wildman–Crippen MR) is 174 cm³/mol. The van der Waals surface area contributed by atoms with Gasteiger partial charge in [-0.15, -0.1) is 11.3 Å². The van der Waals surface area contributed by atoms with Gasteiger partial charge in [0.25, 0.3) is 0 Å². The van der Waals surface area contributed by atoms with Gasteiger partial charge < -0.3 is 8.98 Å². The van der Waals surface area contributed by atoms with Crippen LogP contribution in [0.3, 0.4) is 0 Å². The molecule has 0 aliphatic rings. The first-order chi connectivity index (χ1) is 20.3. The number of fused-ring (bicyclic) bond motifs is 8. The molecule has 9 aromatic rings. The Labute approximate surface area is 240 Å². The summed E-state index contributed by atoms with van der Waals surface area (Å²) >= 11 is 1.90. The van der Waals surface area contributed by atoms with Crippen molar-refractivity contribution in [3.05, 3.63) is 140 Å². The average Bonchev–Trinajstić information content (AvgIpc) is 3.70. The summed E-state index contributed by atoms with van der Waals surface area (Å²) in [5, 5.41) is 4.90. The van der Waals surface area contributed by atoms with E-state index in [1.54, 1.807) is 0 Å². The van der Waals surface area contributed by atoms with E-state index in [1.807, 2.05) is 23.5 Å². The van der Waals surface area contributed by atoms with Gasteiger partial charge in [0, 0.05) is 37.5 Å². The number of nitrogens with zero attached hydrogens (tertiary/aromatic N) is 1. The summed E-state index contributed by atoms with van der Waals surface area (Å²) in [6.07, 6.45) is 0. The summed E-state index contributed by atoms with van der Waals surface area (Å²) in [6.45, 7) is 0. The summed E-state index contributed by atoms with van der Waals surface area (Å²) in [4.78, 5) is 0. The van der Waals surface area contributed by atoms with E-state index in [-0.39, 0.29) is 0 Å². The summed E-state index contributed by atoms with van der Waals surface area (Å²) in [5.41, 5.74) is 10.3. The molecular formula is C38H23NOS. The van der Waals surface area contributed by atoms with Crippen molar-refractivity contribution in [3.8, 4) is 27.9 Å². The molecule has 0 aliphatic carbocycles. The van der Waals surface area contributed by atoms with Gasteiger partial charge in [-0.3, -0.25) is 0 Å². The molecule has 0 spiro atoms. The summed E-state index contributed by atoms with van der Waals surface area (Å²) in [6, 6.07) is 49.8. The van der Waals surface area contributed by atoms with Crippen LogP contribution < -0.4 is 0 Å². The Balaban J connectivity index is 1.22. The molecule has 2 nitrogen and oxygen atoms in total. The van der Waals surface area contributed by atoms with E-state index in [9.17, 15) is 0 Å². The first-order valence-electron chi connectivity index (χ1n) is 13.9. The third-order valence-electron chi connectivity index (χ3n) is 8.23. The van der Waals surface area contributed by atoms with Crippen LogP contribution in [0.15, 0.2) is 144 Å². The molecule has 0 amide bonds. The lowest BCUT2D eigenvalue weighted by molar-refractivity contribution is 0.670. The fraction of sp³-hybridized carbons (Fsp3) is 0. The van der Waals surface area contributed by atoms with E-state index in [1.165, 1.54) is 48.0 Å². The van der Waals surface area contributed by atoms with Gasteiger partial charge >= 0.3 is 0 Å². The first-order valence-corrected chi connectivity index (χ1v) is 14.7. The van der Waals surface area contributed by atoms with Crippen LogP contribution in [0.25, 0.3) is 81.1 Å². The van der Waals surface area contributed by atoms with Gasteiger partial charge in [-0.2, -0.15) is 0 Å². The van der Waals surface area contributed by atoms with E-state index in [4.69, 9.17) is 4.42 Å². The molecule has 0 saturated heterocycles. The normalized spacial score (nSPS) is 11.9. The molecule has 3 heteroatoms. The van der Waals surface area contributed by atoms with Crippen molar-refractivity contribution in [1.82, 2.24) is 4.57 Å². The average molecular weight is 542 g/mol. The van der Waals surface area contributed by atoms with Gasteiger partial charge in [0.1, 0.15) is 11.2 Å². The third-order valence-corrected chi connectivity index (χ3v) is 9.49. The highest BCUT2D eigenvalue weighted by molar-refractivity contribution is 7.27. The second kappa shape index (κ2) is 8.69. The highest BCUT2D eigenvalue weighted by Crippen LogP contribution is 2.45. The Morgan fingerprint density at radius 3 is 1.93 bits per heavy atom. The van der Waals surface area contributed by atoms with Crippen LogP contribution in [-0.2, 0) is 0 Å². The topological polar surface area (TPSA) is 18.1 Å². The molecule has 3 heterocycles. The molecule has 0 fully saturated rings. The zero-order valence-electron chi connectivity index (χ0n) is 22.0. The van der Waals surface area contributed by atoms with Crippen molar-refractivity contribution in [2.75, 3.05) is 0 Å². The standard InChI is InChI=1S/C38H23NOS/c1-2-10-26(11-3-1)39-33-18-6-4-13-31(33)38-35(39)32-17-9-15-28(37(32)41-38)25-22-20-24(21-23-25)27-14-8-16-30-29-12-5-7-19-34(29)40-36(27)30/h1-23H. The van der Waals surface area contributed by atoms with Crippen LogP contribution in [0, 0.1) is 0 Å². The second-order valence-corrected chi connectivity index (χ2v) is 11.5. The zero-order chi connectivity index (χ0) is 26.9. The van der Waals surface area contributed by atoms with Crippen molar-refractivity contribution in [1.29, 1.82) is 0 Å². The Hall–Kier alpha value is -5.12. The molecule has 0 radical (unpaired) electrons. The SMILES string of the molecule is c1ccc(-n2c3ccccc3c3sc4c(-c5ccc(-c6cccc7c6oc6ccccc67)cc5)cccc4c32)cc1. The number of aromatic nitrogens is 1. The Morgan fingerprint density at radius 1 is 0.463 bits per heavy atom. The van der Waals surface area contributed by atoms with Crippen molar-refractivity contribution in [3.63, 3.8) is 0 Å². The molecule has 0 N–H and O–H groups in total. The highest BCUT2D eigenvalue weighted by Gasteiger charge is 2.19. The van der Waals surface area contributed by atoms with E-state index in [0.29, 0.717) is 0 Å². The Kier molecular flexibility index (Phi) is 4.80. The van der Waals surface area contributed by atoms with E-state index in [0.717, 1.165) is 33.1 Å².